The van der Waals surface area contributed by atoms with Gasteiger partial charge in [-0.2, -0.15) is 0 Å². The fourth-order valence-electron chi connectivity index (χ4n) is 3.47. The lowest BCUT2D eigenvalue weighted by Crippen LogP contribution is -2.40. The Bertz CT molecular complexity index is 421. The molecular formula is C15H21BrN2. The van der Waals surface area contributed by atoms with E-state index >= 15 is 0 Å². The number of benzene rings is 1. The van der Waals surface area contributed by atoms with Gasteiger partial charge in [-0.15, -0.1) is 0 Å². The second-order valence-electron chi connectivity index (χ2n) is 5.58. The van der Waals surface area contributed by atoms with Crippen LogP contribution in [0, 0.1) is 0 Å². The highest BCUT2D eigenvalue weighted by molar-refractivity contribution is 9.10. The van der Waals surface area contributed by atoms with Crippen molar-refractivity contribution in [2.45, 2.75) is 44.3 Å². The first-order valence-corrected chi connectivity index (χ1v) is 7.79. The van der Waals surface area contributed by atoms with Crippen LogP contribution in [0.2, 0.25) is 0 Å². The van der Waals surface area contributed by atoms with Crippen LogP contribution in [-0.4, -0.2) is 30.1 Å². The van der Waals surface area contributed by atoms with Crippen molar-refractivity contribution in [2.24, 2.45) is 0 Å². The fraction of sp³-hybridized carbons (Fsp3) is 0.600. The van der Waals surface area contributed by atoms with E-state index in [1.807, 2.05) is 0 Å². The van der Waals surface area contributed by atoms with E-state index in [0.717, 1.165) is 6.04 Å². The van der Waals surface area contributed by atoms with Crippen LogP contribution >= 0.6 is 15.9 Å². The molecule has 0 bridgehead atoms. The van der Waals surface area contributed by atoms with Gasteiger partial charge in [-0.25, -0.2) is 0 Å². The topological polar surface area (TPSA) is 15.3 Å². The summed E-state index contributed by atoms with van der Waals surface area (Å²) in [5.41, 5.74) is 1.38. The largest absolute Gasteiger partial charge is 0.306 e. The molecule has 2 aliphatic heterocycles. The molecule has 3 rings (SSSR count). The SMILES string of the molecule is C[C@@H](NC1CCN2CCCC12)c1cccc(Br)c1. The van der Waals surface area contributed by atoms with Crippen LogP contribution in [0.1, 0.15) is 37.8 Å². The molecular weight excluding hydrogens is 288 g/mol. The van der Waals surface area contributed by atoms with Gasteiger partial charge in [0.25, 0.3) is 0 Å². The van der Waals surface area contributed by atoms with Gasteiger partial charge in [-0.05, 0) is 50.4 Å². The second-order valence-corrected chi connectivity index (χ2v) is 6.50. The van der Waals surface area contributed by atoms with Crippen LogP contribution in [0.15, 0.2) is 28.7 Å². The minimum atomic E-state index is 0.438. The normalized spacial score (nSPS) is 29.4. The smallest absolute Gasteiger partial charge is 0.0295 e. The first kappa shape index (κ1) is 12.6. The van der Waals surface area contributed by atoms with Gasteiger partial charge in [0.05, 0.1) is 0 Å². The van der Waals surface area contributed by atoms with Crippen LogP contribution in [0.5, 0.6) is 0 Å². The Kier molecular flexibility index (Phi) is 3.73. The molecule has 3 atom stereocenters. The van der Waals surface area contributed by atoms with Gasteiger partial charge in [0.1, 0.15) is 0 Å². The van der Waals surface area contributed by atoms with Gasteiger partial charge in [0.2, 0.25) is 0 Å². The second kappa shape index (κ2) is 5.32. The van der Waals surface area contributed by atoms with E-state index in [-0.39, 0.29) is 0 Å². The molecule has 98 valence electrons. The fourth-order valence-corrected chi connectivity index (χ4v) is 3.89. The summed E-state index contributed by atoms with van der Waals surface area (Å²) < 4.78 is 1.17. The highest BCUT2D eigenvalue weighted by Gasteiger charge is 2.37. The minimum absolute atomic E-state index is 0.438. The van der Waals surface area contributed by atoms with E-state index in [2.05, 4.69) is 57.3 Å². The zero-order valence-electron chi connectivity index (χ0n) is 10.9. The molecule has 0 spiro atoms. The summed E-state index contributed by atoms with van der Waals surface area (Å²) in [6, 6.07) is 10.6. The number of rotatable bonds is 3. The van der Waals surface area contributed by atoms with Gasteiger partial charge in [0, 0.05) is 29.1 Å². The molecule has 1 aromatic rings. The summed E-state index contributed by atoms with van der Waals surface area (Å²) in [6.07, 6.45) is 4.07. The quantitative estimate of drug-likeness (QED) is 0.921. The van der Waals surface area contributed by atoms with Gasteiger partial charge < -0.3 is 5.32 Å². The van der Waals surface area contributed by atoms with Gasteiger partial charge >= 0.3 is 0 Å². The number of nitrogens with zero attached hydrogens (tertiary/aromatic N) is 1. The third-order valence-corrected chi connectivity index (χ3v) is 4.91. The molecule has 2 fully saturated rings. The molecule has 2 nitrogen and oxygen atoms in total. The minimum Gasteiger partial charge on any atom is -0.306 e. The van der Waals surface area contributed by atoms with E-state index < -0.39 is 0 Å². The molecule has 2 heterocycles. The highest BCUT2D eigenvalue weighted by Crippen LogP contribution is 2.29. The zero-order chi connectivity index (χ0) is 12.5. The summed E-state index contributed by atoms with van der Waals surface area (Å²) in [6.45, 7) is 4.88. The first-order valence-electron chi connectivity index (χ1n) is 6.99. The average Bonchev–Trinajstić information content (AvgIpc) is 2.94. The molecule has 0 aromatic heterocycles. The van der Waals surface area contributed by atoms with Crippen molar-refractivity contribution >= 4 is 15.9 Å². The Morgan fingerprint density at radius 2 is 2.22 bits per heavy atom. The standard InChI is InChI=1S/C15H21BrN2/c1-11(12-4-2-5-13(16)10-12)17-14-7-9-18-8-3-6-15(14)18/h2,4-5,10-11,14-15,17H,3,6-9H2,1H3/t11-,14?,15?/m1/s1. The lowest BCUT2D eigenvalue weighted by Gasteiger charge is -2.25. The van der Waals surface area contributed by atoms with Crippen molar-refractivity contribution in [1.29, 1.82) is 0 Å². The molecule has 0 saturated carbocycles. The Balaban J connectivity index is 1.66. The van der Waals surface area contributed by atoms with Crippen LogP contribution in [0.25, 0.3) is 0 Å². The van der Waals surface area contributed by atoms with Crippen molar-refractivity contribution in [2.75, 3.05) is 13.1 Å². The molecule has 3 heteroatoms. The molecule has 0 aliphatic carbocycles. The predicted molar refractivity (Wildman–Crippen MR) is 78.7 cm³/mol. The van der Waals surface area contributed by atoms with Crippen LogP contribution in [0.3, 0.4) is 0 Å². The Labute approximate surface area is 118 Å². The molecule has 18 heavy (non-hydrogen) atoms. The number of hydrogen-bond acceptors (Lipinski definition) is 2. The lowest BCUT2D eigenvalue weighted by atomic mass is 10.0. The summed E-state index contributed by atoms with van der Waals surface area (Å²) in [5, 5.41) is 3.83. The average molecular weight is 309 g/mol. The van der Waals surface area contributed by atoms with Crippen LogP contribution in [0.4, 0.5) is 0 Å². The number of nitrogens with one attached hydrogen (secondary N) is 1. The molecule has 1 N–H and O–H groups in total. The van der Waals surface area contributed by atoms with Gasteiger partial charge in [-0.1, -0.05) is 28.1 Å². The van der Waals surface area contributed by atoms with Crippen molar-refractivity contribution in [1.82, 2.24) is 10.2 Å². The Morgan fingerprint density at radius 1 is 1.33 bits per heavy atom. The molecule has 2 aliphatic rings. The van der Waals surface area contributed by atoms with Gasteiger partial charge in [0.15, 0.2) is 0 Å². The van der Waals surface area contributed by atoms with E-state index in [4.69, 9.17) is 0 Å². The maximum absolute atomic E-state index is 3.83. The molecule has 0 radical (unpaired) electrons. The number of hydrogen-bond donors (Lipinski definition) is 1. The maximum Gasteiger partial charge on any atom is 0.0295 e. The zero-order valence-corrected chi connectivity index (χ0v) is 12.5. The highest BCUT2D eigenvalue weighted by atomic mass is 79.9. The molecule has 1 aromatic carbocycles. The third kappa shape index (κ3) is 2.49. The number of halogens is 1. The lowest BCUT2D eigenvalue weighted by molar-refractivity contribution is 0.291. The van der Waals surface area contributed by atoms with Crippen molar-refractivity contribution in [3.8, 4) is 0 Å². The Hall–Kier alpha value is -0.380. The van der Waals surface area contributed by atoms with Crippen molar-refractivity contribution < 1.29 is 0 Å². The molecule has 2 saturated heterocycles. The van der Waals surface area contributed by atoms with Crippen LogP contribution in [-0.2, 0) is 0 Å². The number of fused-ring (bicyclic) bond motifs is 1. The Morgan fingerprint density at radius 3 is 3.06 bits per heavy atom. The van der Waals surface area contributed by atoms with Crippen molar-refractivity contribution in [3.05, 3.63) is 34.3 Å². The summed E-state index contributed by atoms with van der Waals surface area (Å²) in [7, 11) is 0. The third-order valence-electron chi connectivity index (χ3n) is 4.42. The van der Waals surface area contributed by atoms with Crippen molar-refractivity contribution in [3.63, 3.8) is 0 Å². The molecule has 0 amide bonds. The van der Waals surface area contributed by atoms with E-state index in [1.165, 1.54) is 42.4 Å². The maximum atomic E-state index is 3.83. The van der Waals surface area contributed by atoms with E-state index in [9.17, 15) is 0 Å². The van der Waals surface area contributed by atoms with E-state index in [0.29, 0.717) is 12.1 Å². The first-order chi connectivity index (χ1) is 8.74. The van der Waals surface area contributed by atoms with Crippen LogP contribution < -0.4 is 5.32 Å². The summed E-state index contributed by atoms with van der Waals surface area (Å²) in [4.78, 5) is 2.66. The predicted octanol–water partition coefficient (Wildman–Crippen LogP) is 3.34. The van der Waals surface area contributed by atoms with Gasteiger partial charge in [-0.3, -0.25) is 4.90 Å². The monoisotopic (exact) mass is 308 g/mol. The summed E-state index contributed by atoms with van der Waals surface area (Å²) in [5.74, 6) is 0. The van der Waals surface area contributed by atoms with E-state index in [1.54, 1.807) is 0 Å². The summed E-state index contributed by atoms with van der Waals surface area (Å²) >= 11 is 3.55. The molecule has 2 unspecified atom stereocenters.